The van der Waals surface area contributed by atoms with Crippen molar-refractivity contribution < 1.29 is 9.59 Å². The van der Waals surface area contributed by atoms with Gasteiger partial charge < -0.3 is 0 Å². The normalized spacial score (nSPS) is 46.6. The smallest absolute Gasteiger partial charge is 0.139 e. The van der Waals surface area contributed by atoms with Crippen molar-refractivity contribution in [3.8, 4) is 0 Å². The van der Waals surface area contributed by atoms with Crippen LogP contribution in [0.3, 0.4) is 0 Å². The lowest BCUT2D eigenvalue weighted by atomic mass is 9.83. The van der Waals surface area contributed by atoms with Crippen molar-refractivity contribution in [1.82, 2.24) is 0 Å². The molecule has 3 fully saturated rings. The molecule has 0 saturated heterocycles. The lowest BCUT2D eigenvalue weighted by molar-refractivity contribution is -0.130. The summed E-state index contributed by atoms with van der Waals surface area (Å²) in [6.07, 6.45) is 5.70. The molecule has 2 nitrogen and oxygen atoms in total. The fourth-order valence-corrected chi connectivity index (χ4v) is 3.66. The Morgan fingerprint density at radius 3 is 1.21 bits per heavy atom. The van der Waals surface area contributed by atoms with Crippen LogP contribution in [0.15, 0.2) is 0 Å². The first-order valence-electron chi connectivity index (χ1n) is 5.83. The van der Waals surface area contributed by atoms with Gasteiger partial charge in [-0.15, -0.1) is 0 Å². The van der Waals surface area contributed by atoms with Crippen LogP contribution in [-0.2, 0) is 9.59 Å². The molecule has 0 unspecified atom stereocenters. The zero-order chi connectivity index (χ0) is 9.71. The van der Waals surface area contributed by atoms with E-state index in [-0.39, 0.29) is 23.7 Å². The van der Waals surface area contributed by atoms with Crippen LogP contribution < -0.4 is 0 Å². The first kappa shape index (κ1) is 8.63. The van der Waals surface area contributed by atoms with E-state index in [0.29, 0.717) is 11.6 Å². The largest absolute Gasteiger partial charge is 0.299 e. The maximum atomic E-state index is 12.0. The highest BCUT2D eigenvalue weighted by Crippen LogP contribution is 2.45. The Morgan fingerprint density at radius 2 is 0.929 bits per heavy atom. The first-order chi connectivity index (χ1) is 6.75. The van der Waals surface area contributed by atoms with Gasteiger partial charge in [-0.2, -0.15) is 0 Å². The lowest BCUT2D eigenvalue weighted by Gasteiger charge is -2.19. The van der Waals surface area contributed by atoms with Crippen molar-refractivity contribution in [1.29, 1.82) is 0 Å². The van der Waals surface area contributed by atoms with Crippen LogP contribution in [-0.4, -0.2) is 11.6 Å². The van der Waals surface area contributed by atoms with E-state index in [1.807, 2.05) is 0 Å². The van der Waals surface area contributed by atoms with Crippen molar-refractivity contribution in [2.24, 2.45) is 23.7 Å². The van der Waals surface area contributed by atoms with Gasteiger partial charge in [-0.05, 0) is 38.5 Å². The fraction of sp³-hybridized carbons (Fsp3) is 0.833. The van der Waals surface area contributed by atoms with Gasteiger partial charge >= 0.3 is 0 Å². The van der Waals surface area contributed by atoms with Crippen molar-refractivity contribution in [2.45, 2.75) is 38.5 Å². The second kappa shape index (κ2) is 2.91. The van der Waals surface area contributed by atoms with E-state index >= 15 is 0 Å². The molecule has 0 radical (unpaired) electrons. The van der Waals surface area contributed by atoms with Crippen molar-refractivity contribution >= 4 is 11.6 Å². The monoisotopic (exact) mass is 192 g/mol. The van der Waals surface area contributed by atoms with Gasteiger partial charge in [0.25, 0.3) is 0 Å². The second-order valence-electron chi connectivity index (χ2n) is 5.22. The van der Waals surface area contributed by atoms with Crippen LogP contribution in [0.2, 0.25) is 0 Å². The van der Waals surface area contributed by atoms with Crippen LogP contribution >= 0.6 is 0 Å². The number of hydrogen-bond donors (Lipinski definition) is 0. The molecule has 0 aromatic carbocycles. The second-order valence-corrected chi connectivity index (χ2v) is 5.22. The maximum absolute atomic E-state index is 12.0. The summed E-state index contributed by atoms with van der Waals surface area (Å²) in [5.41, 5.74) is 0. The molecular weight excluding hydrogens is 176 g/mol. The molecule has 4 bridgehead atoms. The Balaban J connectivity index is 1.94. The Kier molecular flexibility index (Phi) is 1.80. The summed E-state index contributed by atoms with van der Waals surface area (Å²) in [4.78, 5) is 24.0. The highest BCUT2D eigenvalue weighted by Gasteiger charge is 2.45. The number of fused-ring (bicyclic) bond motifs is 4. The summed E-state index contributed by atoms with van der Waals surface area (Å²) < 4.78 is 0. The molecule has 2 heteroatoms. The van der Waals surface area contributed by atoms with Crippen LogP contribution in [0, 0.1) is 23.7 Å². The molecule has 76 valence electrons. The molecule has 3 saturated carbocycles. The van der Waals surface area contributed by atoms with Crippen molar-refractivity contribution in [3.05, 3.63) is 0 Å². The molecule has 0 aliphatic heterocycles. The Morgan fingerprint density at radius 1 is 0.643 bits per heavy atom. The van der Waals surface area contributed by atoms with Crippen LogP contribution in [0.1, 0.15) is 38.5 Å². The number of rotatable bonds is 0. The van der Waals surface area contributed by atoms with E-state index in [1.165, 1.54) is 0 Å². The molecule has 3 aliphatic carbocycles. The van der Waals surface area contributed by atoms with E-state index < -0.39 is 0 Å². The highest BCUT2D eigenvalue weighted by atomic mass is 16.1. The lowest BCUT2D eigenvalue weighted by Crippen LogP contribution is -2.26. The predicted octanol–water partition coefficient (Wildman–Crippen LogP) is 1.97. The number of Topliss-reactive ketones (excluding diaryl/α,β-unsaturated/α-hetero) is 2. The van der Waals surface area contributed by atoms with Gasteiger partial charge in [0.2, 0.25) is 0 Å². The molecule has 0 spiro atoms. The van der Waals surface area contributed by atoms with E-state index in [0.717, 1.165) is 38.5 Å². The van der Waals surface area contributed by atoms with Crippen LogP contribution in [0.5, 0.6) is 0 Å². The van der Waals surface area contributed by atoms with Gasteiger partial charge in [0.1, 0.15) is 11.6 Å². The van der Waals surface area contributed by atoms with E-state index in [9.17, 15) is 9.59 Å². The molecule has 14 heavy (non-hydrogen) atoms. The quantitative estimate of drug-likeness (QED) is 0.588. The minimum Gasteiger partial charge on any atom is -0.299 e. The topological polar surface area (TPSA) is 34.1 Å². The fourth-order valence-electron chi connectivity index (χ4n) is 3.66. The molecule has 0 aromatic heterocycles. The Bertz CT molecular complexity index is 241. The van der Waals surface area contributed by atoms with Crippen LogP contribution in [0.25, 0.3) is 0 Å². The summed E-state index contributed by atoms with van der Waals surface area (Å²) in [5.74, 6) is 1.95. The average molecular weight is 192 g/mol. The molecule has 0 heterocycles. The first-order valence-corrected chi connectivity index (χ1v) is 5.83. The minimum absolute atomic E-state index is 0.244. The number of ketones is 2. The number of carbonyl (C=O) groups is 2. The van der Waals surface area contributed by atoms with E-state index in [4.69, 9.17) is 0 Å². The minimum atomic E-state index is 0.244. The summed E-state index contributed by atoms with van der Waals surface area (Å²) in [5, 5.41) is 0. The average Bonchev–Trinajstić information content (AvgIpc) is 2.84. The zero-order valence-corrected chi connectivity index (χ0v) is 8.37. The highest BCUT2D eigenvalue weighted by molar-refractivity contribution is 5.91. The zero-order valence-electron chi connectivity index (χ0n) is 8.37. The van der Waals surface area contributed by atoms with Crippen LogP contribution in [0.4, 0.5) is 0 Å². The third-order valence-electron chi connectivity index (χ3n) is 4.47. The SMILES string of the molecule is O=C1[C@H]2CC[C@@H](C2)C(=O)[C@H]2CC[C@H]1C2. The van der Waals surface area contributed by atoms with Gasteiger partial charge in [0, 0.05) is 23.7 Å². The van der Waals surface area contributed by atoms with Gasteiger partial charge in [0.15, 0.2) is 0 Å². The molecule has 0 N–H and O–H groups in total. The molecule has 0 amide bonds. The van der Waals surface area contributed by atoms with Gasteiger partial charge in [-0.1, -0.05) is 0 Å². The standard InChI is InChI=1S/C12H16O2/c13-11-7-1-2-8(5-7)12(14)10-4-3-9(11)6-10/h7-10H,1-6H2/t7-,8-,9-,10-/m0/s1. The Labute approximate surface area is 84.1 Å². The number of hydrogen-bond acceptors (Lipinski definition) is 2. The third-order valence-corrected chi connectivity index (χ3v) is 4.47. The molecule has 3 rings (SSSR count). The van der Waals surface area contributed by atoms with E-state index in [1.54, 1.807) is 0 Å². The van der Waals surface area contributed by atoms with Crippen molar-refractivity contribution in [2.75, 3.05) is 0 Å². The van der Waals surface area contributed by atoms with E-state index in [2.05, 4.69) is 0 Å². The van der Waals surface area contributed by atoms with Gasteiger partial charge in [-0.25, -0.2) is 0 Å². The molecule has 4 atom stereocenters. The van der Waals surface area contributed by atoms with Gasteiger partial charge in [-0.3, -0.25) is 9.59 Å². The molecular formula is C12H16O2. The summed E-state index contributed by atoms with van der Waals surface area (Å²) in [7, 11) is 0. The Hall–Kier alpha value is -0.660. The number of carbonyl (C=O) groups excluding carboxylic acids is 2. The van der Waals surface area contributed by atoms with Crippen molar-refractivity contribution in [3.63, 3.8) is 0 Å². The molecule has 0 aromatic rings. The maximum Gasteiger partial charge on any atom is 0.139 e. The summed E-state index contributed by atoms with van der Waals surface area (Å²) in [6, 6.07) is 0. The predicted molar refractivity (Wildman–Crippen MR) is 51.7 cm³/mol. The van der Waals surface area contributed by atoms with Gasteiger partial charge in [0.05, 0.1) is 0 Å². The summed E-state index contributed by atoms with van der Waals surface area (Å²) >= 11 is 0. The third kappa shape index (κ3) is 1.09. The summed E-state index contributed by atoms with van der Waals surface area (Å²) in [6.45, 7) is 0. The molecule has 3 aliphatic rings.